The maximum atomic E-state index is 5.51. The molecule has 9 heteroatoms. The molecule has 0 saturated carbocycles. The monoisotopic (exact) mass is 334 g/mol. The van der Waals surface area contributed by atoms with Gasteiger partial charge in [0.25, 0.3) is 0 Å². The van der Waals surface area contributed by atoms with Gasteiger partial charge in [-0.2, -0.15) is 25.5 Å². The number of hydrogen-bond acceptors (Lipinski definition) is 7. The smallest absolute Gasteiger partial charge is 0.236 e. The predicted octanol–water partition coefficient (Wildman–Crippen LogP) is 1.90. The lowest BCUT2D eigenvalue weighted by Crippen LogP contribution is -2.11. The van der Waals surface area contributed by atoms with Crippen molar-refractivity contribution in [1.29, 1.82) is 0 Å². The van der Waals surface area contributed by atoms with E-state index in [1.54, 1.807) is 10.9 Å². The van der Waals surface area contributed by atoms with Crippen molar-refractivity contribution in [2.45, 2.75) is 25.2 Å². The highest BCUT2D eigenvalue weighted by Gasteiger charge is 2.30. The first-order valence-electron chi connectivity index (χ1n) is 8.09. The molecule has 0 amide bonds. The van der Waals surface area contributed by atoms with Crippen LogP contribution in [0.25, 0.3) is 17.3 Å². The van der Waals surface area contributed by atoms with Crippen molar-refractivity contribution in [3.8, 4) is 17.3 Å². The lowest BCUT2D eigenvalue weighted by Gasteiger charge is -2.15. The van der Waals surface area contributed by atoms with Gasteiger partial charge >= 0.3 is 0 Å². The Labute approximate surface area is 142 Å². The summed E-state index contributed by atoms with van der Waals surface area (Å²) in [6.07, 6.45) is 6.41. The fourth-order valence-corrected chi connectivity index (χ4v) is 3.14. The number of aromatic nitrogens is 8. The van der Waals surface area contributed by atoms with E-state index >= 15 is 0 Å². The lowest BCUT2D eigenvalue weighted by molar-refractivity contribution is 0.352. The zero-order valence-corrected chi connectivity index (χ0v) is 13.2. The van der Waals surface area contributed by atoms with Crippen molar-refractivity contribution in [2.75, 3.05) is 0 Å². The normalized spacial score (nSPS) is 16.7. The van der Waals surface area contributed by atoms with E-state index in [0.717, 1.165) is 30.7 Å². The molecule has 0 saturated heterocycles. The summed E-state index contributed by atoms with van der Waals surface area (Å²) >= 11 is 0. The van der Waals surface area contributed by atoms with Gasteiger partial charge in [0.2, 0.25) is 11.7 Å². The molecule has 1 aliphatic rings. The third-order valence-electron chi connectivity index (χ3n) is 4.33. The number of pyridine rings is 1. The van der Waals surface area contributed by atoms with E-state index in [2.05, 4.69) is 35.6 Å². The molecule has 1 atom stereocenters. The van der Waals surface area contributed by atoms with Gasteiger partial charge in [-0.3, -0.25) is 0 Å². The van der Waals surface area contributed by atoms with E-state index in [-0.39, 0.29) is 5.92 Å². The molecule has 0 radical (unpaired) electrons. The van der Waals surface area contributed by atoms with E-state index in [1.165, 1.54) is 0 Å². The largest absolute Gasteiger partial charge is 0.338 e. The van der Waals surface area contributed by atoms with Crippen LogP contribution in [-0.2, 0) is 6.42 Å². The molecule has 0 spiro atoms. The summed E-state index contributed by atoms with van der Waals surface area (Å²) in [5.74, 6) is 1.69. The van der Waals surface area contributed by atoms with E-state index in [1.807, 2.05) is 30.5 Å². The highest BCUT2D eigenvalue weighted by molar-refractivity contribution is 5.50. The molecule has 1 unspecified atom stereocenters. The lowest BCUT2D eigenvalue weighted by atomic mass is 9.90. The summed E-state index contributed by atoms with van der Waals surface area (Å²) in [5, 5.41) is 19.4. The third-order valence-corrected chi connectivity index (χ3v) is 4.33. The van der Waals surface area contributed by atoms with Crippen molar-refractivity contribution in [3.05, 3.63) is 53.9 Å². The number of rotatable bonds is 3. The van der Waals surface area contributed by atoms with Crippen LogP contribution in [0.2, 0.25) is 0 Å². The molecule has 124 valence electrons. The van der Waals surface area contributed by atoms with Gasteiger partial charge in [-0.25, -0.2) is 9.67 Å². The molecule has 4 aromatic rings. The van der Waals surface area contributed by atoms with Crippen LogP contribution >= 0.6 is 0 Å². The van der Waals surface area contributed by atoms with Gasteiger partial charge in [0.1, 0.15) is 5.69 Å². The van der Waals surface area contributed by atoms with Crippen molar-refractivity contribution in [2.24, 2.45) is 0 Å². The highest BCUT2D eigenvalue weighted by atomic mass is 16.5. The number of nitrogens with zero attached hydrogens (tertiary/aromatic N) is 7. The fourth-order valence-electron chi connectivity index (χ4n) is 3.14. The van der Waals surface area contributed by atoms with E-state index < -0.39 is 0 Å². The Kier molecular flexibility index (Phi) is 3.15. The zero-order chi connectivity index (χ0) is 16.6. The summed E-state index contributed by atoms with van der Waals surface area (Å²) in [6, 6.07) is 7.47. The van der Waals surface area contributed by atoms with Gasteiger partial charge in [0, 0.05) is 12.4 Å². The number of hydrogen-bond donors (Lipinski definition) is 1. The van der Waals surface area contributed by atoms with Crippen molar-refractivity contribution < 1.29 is 4.52 Å². The van der Waals surface area contributed by atoms with E-state index in [0.29, 0.717) is 23.2 Å². The number of H-pyrrole nitrogens is 1. The third kappa shape index (κ3) is 2.40. The molecule has 0 aliphatic heterocycles. The first-order valence-corrected chi connectivity index (χ1v) is 8.09. The molecule has 25 heavy (non-hydrogen) atoms. The Morgan fingerprint density at radius 3 is 3.08 bits per heavy atom. The van der Waals surface area contributed by atoms with Crippen LogP contribution in [0.3, 0.4) is 0 Å². The van der Waals surface area contributed by atoms with Crippen LogP contribution in [0.15, 0.2) is 41.2 Å². The molecule has 0 fully saturated rings. The molecule has 4 heterocycles. The topological polar surface area (TPSA) is 111 Å². The Bertz CT molecular complexity index is 1000. The van der Waals surface area contributed by atoms with E-state index in [9.17, 15) is 0 Å². The fraction of sp³-hybridized carbons (Fsp3) is 0.250. The standard InChI is InChI=1S/C16H14N8O/c1-4-10(14-11(5-1)20-23-21-14)16-19-15(22-25-16)12-6-2-7-13(18-12)24-9-3-8-17-24/h2-3,6-10H,1,4-5H2,(H,20,21,23). The van der Waals surface area contributed by atoms with Crippen molar-refractivity contribution in [3.63, 3.8) is 0 Å². The Hall–Kier alpha value is -3.36. The second kappa shape index (κ2) is 5.62. The van der Waals surface area contributed by atoms with Crippen LogP contribution in [0.5, 0.6) is 0 Å². The van der Waals surface area contributed by atoms with Crippen molar-refractivity contribution >= 4 is 0 Å². The van der Waals surface area contributed by atoms with Gasteiger partial charge in [0.15, 0.2) is 5.82 Å². The van der Waals surface area contributed by atoms with E-state index in [4.69, 9.17) is 4.52 Å². The van der Waals surface area contributed by atoms with Crippen LogP contribution in [-0.4, -0.2) is 40.3 Å². The average molecular weight is 334 g/mol. The van der Waals surface area contributed by atoms with Gasteiger partial charge in [-0.1, -0.05) is 11.2 Å². The van der Waals surface area contributed by atoms with Crippen LogP contribution in [0, 0.1) is 0 Å². The number of nitrogens with one attached hydrogen (secondary N) is 1. The van der Waals surface area contributed by atoms with Crippen LogP contribution in [0.1, 0.15) is 36.0 Å². The van der Waals surface area contributed by atoms with Gasteiger partial charge in [0.05, 0.1) is 17.3 Å². The molecule has 0 aromatic carbocycles. The maximum Gasteiger partial charge on any atom is 0.236 e. The van der Waals surface area contributed by atoms with Crippen LogP contribution in [0.4, 0.5) is 0 Å². The Morgan fingerprint density at radius 1 is 1.16 bits per heavy atom. The molecule has 5 rings (SSSR count). The first-order chi connectivity index (χ1) is 12.4. The molecule has 1 N–H and O–H groups in total. The first kappa shape index (κ1) is 14.0. The SMILES string of the molecule is c1cc(-c2noc(C3CCCc4n[nH]nc43)n2)nc(-n2cccn2)c1. The summed E-state index contributed by atoms with van der Waals surface area (Å²) in [6.45, 7) is 0. The minimum Gasteiger partial charge on any atom is -0.338 e. The van der Waals surface area contributed by atoms with Gasteiger partial charge in [-0.15, -0.1) is 0 Å². The van der Waals surface area contributed by atoms with Crippen molar-refractivity contribution in [1.82, 2.24) is 40.3 Å². The molecule has 0 bridgehead atoms. The Balaban J connectivity index is 1.49. The predicted molar refractivity (Wildman–Crippen MR) is 85.8 cm³/mol. The minimum atomic E-state index is -0.0157. The quantitative estimate of drug-likeness (QED) is 0.609. The second-order valence-electron chi connectivity index (χ2n) is 5.89. The molecule has 9 nitrogen and oxygen atoms in total. The molecule has 4 aromatic heterocycles. The highest BCUT2D eigenvalue weighted by Crippen LogP contribution is 2.34. The summed E-state index contributed by atoms with van der Waals surface area (Å²) in [4.78, 5) is 9.11. The Morgan fingerprint density at radius 2 is 2.16 bits per heavy atom. The zero-order valence-electron chi connectivity index (χ0n) is 13.2. The number of aryl methyl sites for hydroxylation is 1. The van der Waals surface area contributed by atoms with Gasteiger partial charge < -0.3 is 4.52 Å². The summed E-state index contributed by atoms with van der Waals surface area (Å²) in [7, 11) is 0. The van der Waals surface area contributed by atoms with Gasteiger partial charge in [-0.05, 0) is 37.5 Å². The number of aromatic amines is 1. The summed E-state index contributed by atoms with van der Waals surface area (Å²) < 4.78 is 7.20. The minimum absolute atomic E-state index is 0.0157. The summed E-state index contributed by atoms with van der Waals surface area (Å²) in [5.41, 5.74) is 2.52. The van der Waals surface area contributed by atoms with Crippen LogP contribution < -0.4 is 0 Å². The molecular weight excluding hydrogens is 320 g/mol. The molecular formula is C16H14N8O. The molecule has 1 aliphatic carbocycles. The second-order valence-corrected chi connectivity index (χ2v) is 5.89. The average Bonchev–Trinajstić information content (AvgIpc) is 3.42. The number of fused-ring (bicyclic) bond motifs is 1. The maximum absolute atomic E-state index is 5.51.